The molecular formula is C61H101N17O22S. The van der Waals surface area contributed by atoms with Crippen LogP contribution in [0.4, 0.5) is 0 Å². The summed E-state index contributed by atoms with van der Waals surface area (Å²) < 4.78 is 0. The van der Waals surface area contributed by atoms with Crippen molar-refractivity contribution in [2.75, 3.05) is 64.5 Å². The molecule has 39 nitrogen and oxygen atoms in total. The maximum absolute atomic E-state index is 13.9. The lowest BCUT2D eigenvalue weighted by Gasteiger charge is -2.29. The molecule has 2 heterocycles. The van der Waals surface area contributed by atoms with Gasteiger partial charge < -0.3 is 111 Å². The monoisotopic (exact) mass is 1460 g/mol. The molecule has 0 bridgehead atoms. The molecule has 0 aromatic carbocycles. The summed E-state index contributed by atoms with van der Waals surface area (Å²) in [7, 11) is 0. The maximum Gasteiger partial charge on any atom is 0.326 e. The van der Waals surface area contributed by atoms with Crippen molar-refractivity contribution in [3.05, 3.63) is 0 Å². The highest BCUT2D eigenvalue weighted by Gasteiger charge is 2.41. The molecule has 16 amide bonds. The molecule has 0 spiro atoms. The van der Waals surface area contributed by atoms with Gasteiger partial charge in [-0.2, -0.15) is 11.8 Å². The second-order valence-corrected chi connectivity index (χ2v) is 26.5. The summed E-state index contributed by atoms with van der Waals surface area (Å²) in [5, 5.41) is 68.0. The van der Waals surface area contributed by atoms with Gasteiger partial charge in [0.1, 0.15) is 66.5 Å². The van der Waals surface area contributed by atoms with E-state index in [1.165, 1.54) is 11.8 Å². The largest absolute Gasteiger partial charge is 0.481 e. The Balaban J connectivity index is 2.15. The van der Waals surface area contributed by atoms with Gasteiger partial charge >= 0.3 is 11.9 Å². The molecule has 22 N–H and O–H groups in total. The third-order valence-corrected chi connectivity index (χ3v) is 16.4. The van der Waals surface area contributed by atoms with Crippen molar-refractivity contribution in [2.45, 2.75) is 191 Å². The Labute approximate surface area is 587 Å². The van der Waals surface area contributed by atoms with E-state index in [9.17, 15) is 107 Å². The first-order valence-corrected chi connectivity index (χ1v) is 34.4. The second-order valence-electron chi connectivity index (χ2n) is 25.5. The third-order valence-electron chi connectivity index (χ3n) is 15.7. The standard InChI is InChI=1S/C61H101N17O22S/c1-30(2)20-36(53(91)67-27-49(86)77-17-8-10-42(77)58(96)72-34(13-15-45(64)82)54(92)71-35(16-19-101-7)55(93)76-39(61(99)100)22-32(5)6)73-56(94)38(23-50(87)88)74-57(95)40(28-79)69-47(84)25-66-52(90)37(21-31(3)4)75-59(97)43-11-9-18-78(43)60(98)41(29-80)70-48(85)26-65-51(89)33(12-14-44(63)81)68-46(83)24-62/h30-43,79-80H,8-29,62H2,1-7H3,(H2,63,81)(H2,64,82)(H,65,89)(H,66,90)(H,67,91)(H,68,83)(H,69,84)(H,70,85)(H,71,92)(H,72,96)(H,73,94)(H,74,95)(H,75,97)(H,76,93)(H,87,88)(H,99,100)/t33-,34-,35-,36-,37-,38-,39-,40-,41-,42-,43-/m0/s1. The number of aliphatic hydroxyl groups excluding tert-OH is 2. The van der Waals surface area contributed by atoms with E-state index in [0.717, 1.165) is 9.80 Å². The van der Waals surface area contributed by atoms with Gasteiger partial charge in [-0.25, -0.2) is 4.79 Å². The first-order chi connectivity index (χ1) is 47.5. The van der Waals surface area contributed by atoms with E-state index in [1.807, 2.05) is 0 Å². The molecule has 2 aliphatic rings. The minimum atomic E-state index is -1.97. The van der Waals surface area contributed by atoms with Crippen LogP contribution >= 0.6 is 11.8 Å². The number of hydrogen-bond acceptors (Lipinski definition) is 22. The number of aliphatic carboxylic acids is 2. The van der Waals surface area contributed by atoms with E-state index in [2.05, 4.69) is 63.8 Å². The van der Waals surface area contributed by atoms with Gasteiger partial charge in [-0.15, -0.1) is 0 Å². The molecule has 0 unspecified atom stereocenters. The number of thioether (sulfide) groups is 1. The zero-order chi connectivity index (χ0) is 76.4. The molecule has 101 heavy (non-hydrogen) atoms. The number of amides is 16. The van der Waals surface area contributed by atoms with Crippen molar-refractivity contribution in [2.24, 2.45) is 35.0 Å². The van der Waals surface area contributed by atoms with Gasteiger partial charge in [0.05, 0.1) is 45.8 Å². The van der Waals surface area contributed by atoms with Crippen molar-refractivity contribution in [1.82, 2.24) is 73.6 Å². The van der Waals surface area contributed by atoms with Gasteiger partial charge in [0, 0.05) is 25.9 Å². The minimum absolute atomic E-state index is 0.00380. The fraction of sp³-hybridized carbons (Fsp3) is 0.705. The van der Waals surface area contributed by atoms with E-state index in [0.29, 0.717) is 5.75 Å². The molecule has 2 saturated heterocycles. The summed E-state index contributed by atoms with van der Waals surface area (Å²) in [6.07, 6.45) is 0.0954. The molecule has 2 aliphatic heterocycles. The molecule has 0 aromatic heterocycles. The van der Waals surface area contributed by atoms with E-state index >= 15 is 0 Å². The van der Waals surface area contributed by atoms with Crippen LogP contribution in [-0.4, -0.2) is 268 Å². The molecule has 0 radical (unpaired) electrons. The van der Waals surface area contributed by atoms with Crippen LogP contribution in [0.5, 0.6) is 0 Å². The normalized spacial score (nSPS) is 16.8. The minimum Gasteiger partial charge on any atom is -0.481 e. The number of nitrogens with zero attached hydrogens (tertiary/aromatic N) is 2. The van der Waals surface area contributed by atoms with Crippen molar-refractivity contribution < 1.29 is 107 Å². The molecule has 568 valence electrons. The number of aliphatic hydroxyl groups is 2. The Morgan fingerprint density at radius 2 is 0.822 bits per heavy atom. The second kappa shape index (κ2) is 44.7. The number of nitrogens with two attached hydrogens (primary N) is 3. The van der Waals surface area contributed by atoms with E-state index in [1.54, 1.807) is 47.8 Å². The molecule has 0 saturated carbocycles. The summed E-state index contributed by atoms with van der Waals surface area (Å²) in [5.41, 5.74) is 15.8. The average Bonchev–Trinajstić information content (AvgIpc) is 1.74. The molecule has 2 fully saturated rings. The fourth-order valence-corrected chi connectivity index (χ4v) is 11.1. The summed E-state index contributed by atoms with van der Waals surface area (Å²) >= 11 is 1.34. The van der Waals surface area contributed by atoms with Crippen LogP contribution in [0, 0.1) is 17.8 Å². The van der Waals surface area contributed by atoms with Crippen molar-refractivity contribution in [1.29, 1.82) is 0 Å². The highest BCUT2D eigenvalue weighted by atomic mass is 32.2. The number of carbonyl (C=O) groups is 18. The van der Waals surface area contributed by atoms with Gasteiger partial charge in [-0.1, -0.05) is 41.5 Å². The number of rotatable bonds is 46. The maximum atomic E-state index is 13.9. The van der Waals surface area contributed by atoms with E-state index in [4.69, 9.17) is 17.2 Å². The van der Waals surface area contributed by atoms with Gasteiger partial charge in [-0.3, -0.25) is 81.5 Å². The smallest absolute Gasteiger partial charge is 0.326 e. The van der Waals surface area contributed by atoms with Crippen molar-refractivity contribution in [3.8, 4) is 0 Å². The fourth-order valence-electron chi connectivity index (χ4n) is 10.7. The van der Waals surface area contributed by atoms with Crippen LogP contribution in [0.1, 0.15) is 125 Å². The van der Waals surface area contributed by atoms with Crippen LogP contribution in [0.25, 0.3) is 0 Å². The molecular weight excluding hydrogens is 1350 g/mol. The lowest BCUT2D eigenvalue weighted by Crippen LogP contribution is -2.59. The van der Waals surface area contributed by atoms with E-state index < -0.39 is 225 Å². The van der Waals surface area contributed by atoms with Gasteiger partial charge in [0.15, 0.2) is 0 Å². The first-order valence-electron chi connectivity index (χ1n) is 33.0. The highest BCUT2D eigenvalue weighted by molar-refractivity contribution is 7.98. The van der Waals surface area contributed by atoms with Gasteiger partial charge in [-0.05, 0) is 94.0 Å². The number of carboxylic acids is 2. The van der Waals surface area contributed by atoms with Gasteiger partial charge in [0.2, 0.25) is 94.5 Å². The number of likely N-dealkylation sites (tertiary alicyclic amines) is 2. The lowest BCUT2D eigenvalue weighted by molar-refractivity contribution is -0.143. The lowest BCUT2D eigenvalue weighted by atomic mass is 10.0. The Hall–Kier alpha value is -9.31. The number of nitrogens with one attached hydrogen (secondary N) is 12. The predicted octanol–water partition coefficient (Wildman–Crippen LogP) is -8.39. The molecule has 2 rings (SSSR count). The summed E-state index contributed by atoms with van der Waals surface area (Å²) in [5.74, 6) is -18.1. The number of hydrogen-bond donors (Lipinski definition) is 19. The van der Waals surface area contributed by atoms with Crippen molar-refractivity contribution >= 4 is 118 Å². The Bertz CT molecular complexity index is 2960. The summed E-state index contributed by atoms with van der Waals surface area (Å²) in [4.78, 5) is 237. The van der Waals surface area contributed by atoms with Crippen LogP contribution in [0.3, 0.4) is 0 Å². The quantitative estimate of drug-likeness (QED) is 0.0269. The van der Waals surface area contributed by atoms with Crippen LogP contribution in [0.2, 0.25) is 0 Å². The summed E-state index contributed by atoms with van der Waals surface area (Å²) in [6, 6.07) is -16.1. The molecule has 40 heteroatoms. The van der Waals surface area contributed by atoms with Crippen LogP contribution in [-0.2, 0) is 86.3 Å². The van der Waals surface area contributed by atoms with Crippen LogP contribution < -0.4 is 81.0 Å². The first kappa shape index (κ1) is 87.8. The highest BCUT2D eigenvalue weighted by Crippen LogP contribution is 2.21. The zero-order valence-corrected chi connectivity index (χ0v) is 58.6. The van der Waals surface area contributed by atoms with Gasteiger partial charge in [0.25, 0.3) is 0 Å². The number of primary amides is 2. The molecule has 0 aromatic rings. The SMILES string of the molecule is CSCC[C@H](NC(=O)[C@H](CCC(N)=O)NC(=O)[C@@H]1CCCN1C(=O)CNC(=O)[C@H](CC(C)C)NC(=O)[C@H](CC(=O)O)NC(=O)[C@H](CO)NC(=O)CNC(=O)[C@H](CC(C)C)NC(=O)[C@@H]1CCCN1C(=O)[C@H](CO)NC(=O)CNC(=O)[C@H](CCC(N)=O)NC(=O)CN)C(=O)N[C@@H](CC(C)C)C(=O)O. The Kier molecular flexibility index (Phi) is 38.9. The molecule has 11 atom stereocenters. The van der Waals surface area contributed by atoms with Crippen molar-refractivity contribution in [3.63, 3.8) is 0 Å². The topological polar surface area (TPSA) is 617 Å². The predicted molar refractivity (Wildman–Crippen MR) is 357 cm³/mol. The number of carbonyl (C=O) groups excluding carboxylic acids is 16. The average molecular weight is 1460 g/mol. The Morgan fingerprint density at radius 3 is 1.29 bits per heavy atom. The number of carboxylic acid groups (broad SMARTS) is 2. The third kappa shape index (κ3) is 31.8. The van der Waals surface area contributed by atoms with Crippen LogP contribution in [0.15, 0.2) is 0 Å². The molecule has 0 aliphatic carbocycles. The Morgan fingerprint density at radius 1 is 0.446 bits per heavy atom. The summed E-state index contributed by atoms with van der Waals surface area (Å²) in [6.45, 7) is 5.25. The van der Waals surface area contributed by atoms with E-state index in [-0.39, 0.29) is 101 Å². The zero-order valence-electron chi connectivity index (χ0n) is 57.8.